The third-order valence-electron chi connectivity index (χ3n) is 0.714. The van der Waals surface area contributed by atoms with E-state index in [0.717, 1.165) is 6.08 Å². The summed E-state index contributed by atoms with van der Waals surface area (Å²) in [4.78, 5) is 26.2. The van der Waals surface area contributed by atoms with E-state index >= 15 is 0 Å². The molecule has 0 radical (unpaired) electrons. The second kappa shape index (κ2) is 4.25. The molecule has 0 fully saturated rings. The lowest BCUT2D eigenvalue weighted by atomic mass is 10.6. The van der Waals surface area contributed by atoms with Crippen LogP contribution in [0.1, 0.15) is 0 Å². The Balaban J connectivity index is 3.79. The van der Waals surface area contributed by atoms with Gasteiger partial charge in [-0.2, -0.15) is 0 Å². The Morgan fingerprint density at radius 2 is 2.00 bits per heavy atom. The zero-order valence-corrected chi connectivity index (χ0v) is 6.39. The smallest absolute Gasteiger partial charge is 0.321 e. The van der Waals surface area contributed by atoms with E-state index in [1.807, 2.05) is 0 Å². The zero-order valence-electron chi connectivity index (χ0n) is 5.49. The van der Waals surface area contributed by atoms with Crippen molar-refractivity contribution in [2.24, 2.45) is 0 Å². The molecule has 1 amide bonds. The van der Waals surface area contributed by atoms with Gasteiger partial charge in [0.05, 0.1) is 6.54 Å². The van der Waals surface area contributed by atoms with Crippen molar-refractivity contribution >= 4 is 14.0 Å². The fourth-order valence-electron chi connectivity index (χ4n) is 0.335. The molecular formula is C4H8NO5P. The van der Waals surface area contributed by atoms with Crippen LogP contribution in [0.2, 0.25) is 0 Å². The van der Waals surface area contributed by atoms with Gasteiger partial charge in [0.2, 0.25) is 6.41 Å². The third-order valence-corrected chi connectivity index (χ3v) is 1.31. The SMILES string of the molecule is O=CN(O)CC=CP(=O)(O)O. The third kappa shape index (κ3) is 7.21. The Kier molecular flexibility index (Phi) is 3.99. The van der Waals surface area contributed by atoms with Gasteiger partial charge < -0.3 is 9.79 Å². The van der Waals surface area contributed by atoms with E-state index in [0.29, 0.717) is 5.82 Å². The van der Waals surface area contributed by atoms with Crippen molar-refractivity contribution in [2.45, 2.75) is 0 Å². The van der Waals surface area contributed by atoms with E-state index in [4.69, 9.17) is 15.0 Å². The Bertz CT molecular complexity index is 197. The van der Waals surface area contributed by atoms with Crippen LogP contribution in [0.15, 0.2) is 11.9 Å². The number of rotatable bonds is 4. The van der Waals surface area contributed by atoms with E-state index in [1.54, 1.807) is 0 Å². The maximum absolute atomic E-state index is 10.1. The minimum atomic E-state index is -4.17. The fraction of sp³-hybridized carbons (Fsp3) is 0.250. The Morgan fingerprint density at radius 3 is 2.36 bits per heavy atom. The minimum Gasteiger partial charge on any atom is -0.321 e. The first kappa shape index (κ1) is 10.3. The summed E-state index contributed by atoms with van der Waals surface area (Å²) < 4.78 is 10.1. The van der Waals surface area contributed by atoms with Crippen LogP contribution in [0, 0.1) is 0 Å². The van der Waals surface area contributed by atoms with Crippen LogP contribution in [-0.4, -0.2) is 33.0 Å². The summed E-state index contributed by atoms with van der Waals surface area (Å²) in [5.74, 6) is 0.611. The summed E-state index contributed by atoms with van der Waals surface area (Å²) >= 11 is 0. The highest BCUT2D eigenvalue weighted by Crippen LogP contribution is 2.35. The molecule has 0 saturated carbocycles. The summed E-state index contributed by atoms with van der Waals surface area (Å²) in [7, 11) is -4.17. The Labute approximate surface area is 62.9 Å². The molecule has 0 spiro atoms. The molecular weight excluding hydrogens is 173 g/mol. The first-order valence-corrected chi connectivity index (χ1v) is 4.27. The quantitative estimate of drug-likeness (QED) is 0.235. The average Bonchev–Trinajstić information content (AvgIpc) is 1.85. The van der Waals surface area contributed by atoms with Crippen LogP contribution in [-0.2, 0) is 9.36 Å². The summed E-state index contributed by atoms with van der Waals surface area (Å²) in [6.07, 6.45) is 1.12. The molecule has 0 aliphatic rings. The van der Waals surface area contributed by atoms with Crippen LogP contribution < -0.4 is 0 Å². The standard InChI is InChI=1S/C4H8NO5P/c6-4-5(7)2-1-3-11(8,9)10/h1,3-4,7H,2H2,(H2,8,9,10). The van der Waals surface area contributed by atoms with Gasteiger partial charge in [-0.05, 0) is 0 Å². The summed E-state index contributed by atoms with van der Waals surface area (Å²) in [5.41, 5.74) is 0. The van der Waals surface area contributed by atoms with Gasteiger partial charge >= 0.3 is 7.60 Å². The van der Waals surface area contributed by atoms with Gasteiger partial charge in [-0.1, -0.05) is 6.08 Å². The first-order chi connectivity index (χ1) is 4.95. The molecule has 3 N–H and O–H groups in total. The summed E-state index contributed by atoms with van der Waals surface area (Å²) in [6.45, 7) is -0.241. The topological polar surface area (TPSA) is 98.1 Å². The van der Waals surface area contributed by atoms with E-state index in [1.165, 1.54) is 0 Å². The number of carbonyl (C=O) groups is 1. The highest BCUT2D eigenvalue weighted by Gasteiger charge is 2.04. The van der Waals surface area contributed by atoms with Crippen LogP contribution >= 0.6 is 7.60 Å². The van der Waals surface area contributed by atoms with Crippen molar-refractivity contribution in [1.82, 2.24) is 5.06 Å². The van der Waals surface area contributed by atoms with Crippen LogP contribution in [0.25, 0.3) is 0 Å². The number of carbonyl (C=O) groups excluding carboxylic acids is 1. The van der Waals surface area contributed by atoms with Crippen molar-refractivity contribution in [3.05, 3.63) is 11.9 Å². The lowest BCUT2D eigenvalue weighted by Gasteiger charge is -2.02. The van der Waals surface area contributed by atoms with E-state index in [9.17, 15) is 9.36 Å². The monoisotopic (exact) mass is 181 g/mol. The molecule has 0 atom stereocenters. The fourth-order valence-corrected chi connectivity index (χ4v) is 0.704. The van der Waals surface area contributed by atoms with E-state index < -0.39 is 7.60 Å². The van der Waals surface area contributed by atoms with Gasteiger partial charge in [-0.3, -0.25) is 14.6 Å². The van der Waals surface area contributed by atoms with Crippen molar-refractivity contribution in [1.29, 1.82) is 0 Å². The first-order valence-electron chi connectivity index (χ1n) is 2.59. The molecule has 0 aromatic heterocycles. The van der Waals surface area contributed by atoms with Crippen molar-refractivity contribution in [2.75, 3.05) is 6.54 Å². The molecule has 0 unspecified atom stereocenters. The molecule has 0 saturated heterocycles. The molecule has 0 aliphatic heterocycles. The number of hydrogen-bond donors (Lipinski definition) is 3. The molecule has 0 aromatic carbocycles. The predicted octanol–water partition coefficient (Wildman–Crippen LogP) is -0.475. The number of amides is 1. The highest BCUT2D eigenvalue weighted by molar-refractivity contribution is 7.55. The van der Waals surface area contributed by atoms with Gasteiger partial charge in [0.15, 0.2) is 0 Å². The van der Waals surface area contributed by atoms with Crippen molar-refractivity contribution in [3.63, 3.8) is 0 Å². The predicted molar refractivity (Wildman–Crippen MR) is 35.7 cm³/mol. The van der Waals surface area contributed by atoms with Crippen molar-refractivity contribution < 1.29 is 24.4 Å². The maximum atomic E-state index is 10.1. The number of hydrogen-bond acceptors (Lipinski definition) is 3. The molecule has 0 aromatic rings. The lowest BCUT2D eigenvalue weighted by molar-refractivity contribution is -0.147. The van der Waals surface area contributed by atoms with E-state index in [-0.39, 0.29) is 18.0 Å². The average molecular weight is 181 g/mol. The molecule has 64 valence electrons. The van der Waals surface area contributed by atoms with Crippen LogP contribution in [0.5, 0.6) is 0 Å². The Hall–Kier alpha value is -0.680. The van der Waals surface area contributed by atoms with Gasteiger partial charge in [-0.15, -0.1) is 0 Å². The number of nitrogens with zero attached hydrogens (tertiary/aromatic N) is 1. The lowest BCUT2D eigenvalue weighted by Crippen LogP contribution is -2.15. The summed E-state index contributed by atoms with van der Waals surface area (Å²) in [5, 5.41) is 8.67. The second-order valence-electron chi connectivity index (χ2n) is 1.70. The second-order valence-corrected chi connectivity index (χ2v) is 3.18. The van der Waals surface area contributed by atoms with Crippen LogP contribution in [0.4, 0.5) is 0 Å². The van der Waals surface area contributed by atoms with Gasteiger partial charge in [0.25, 0.3) is 0 Å². The molecule has 7 heteroatoms. The summed E-state index contributed by atoms with van der Waals surface area (Å²) in [6, 6.07) is 0. The molecule has 0 aliphatic carbocycles. The molecule has 0 bridgehead atoms. The normalized spacial score (nSPS) is 11.9. The minimum absolute atomic E-state index is 0.129. The maximum Gasteiger partial charge on any atom is 0.348 e. The van der Waals surface area contributed by atoms with Gasteiger partial charge in [0.1, 0.15) is 0 Å². The Morgan fingerprint density at radius 1 is 1.45 bits per heavy atom. The van der Waals surface area contributed by atoms with Crippen LogP contribution in [0.3, 0.4) is 0 Å². The molecule has 0 rings (SSSR count). The molecule has 6 nitrogen and oxygen atoms in total. The van der Waals surface area contributed by atoms with E-state index in [2.05, 4.69) is 0 Å². The highest BCUT2D eigenvalue weighted by atomic mass is 31.2. The number of hydroxylamine groups is 2. The van der Waals surface area contributed by atoms with Crippen molar-refractivity contribution in [3.8, 4) is 0 Å². The molecule has 0 heterocycles. The zero-order chi connectivity index (χ0) is 8.91. The van der Waals surface area contributed by atoms with Gasteiger partial charge in [0, 0.05) is 5.82 Å². The largest absolute Gasteiger partial charge is 0.348 e. The van der Waals surface area contributed by atoms with Gasteiger partial charge in [-0.25, -0.2) is 5.06 Å². The molecule has 11 heavy (non-hydrogen) atoms.